The molecule has 0 bridgehead atoms. The number of benzene rings is 1. The second-order valence-electron chi connectivity index (χ2n) is 6.54. The van der Waals surface area contributed by atoms with Crippen LogP contribution in [0.1, 0.15) is 41.9 Å². The SMILES string of the molecule is CCCNC(=O)c1cc(-c2ccc(C)cc2)n([C@H]2CCS(=O)(=O)C2)n1. The average molecular weight is 361 g/mol. The molecule has 0 spiro atoms. The van der Waals surface area contributed by atoms with Crippen LogP contribution >= 0.6 is 0 Å². The van der Waals surface area contributed by atoms with Crippen molar-refractivity contribution in [1.82, 2.24) is 15.1 Å². The van der Waals surface area contributed by atoms with Gasteiger partial charge in [0.1, 0.15) is 0 Å². The minimum atomic E-state index is -3.04. The van der Waals surface area contributed by atoms with Crippen LogP contribution in [0.5, 0.6) is 0 Å². The van der Waals surface area contributed by atoms with Gasteiger partial charge in [0.25, 0.3) is 5.91 Å². The van der Waals surface area contributed by atoms with Crippen molar-refractivity contribution in [2.45, 2.75) is 32.7 Å². The molecule has 0 aliphatic carbocycles. The van der Waals surface area contributed by atoms with Gasteiger partial charge >= 0.3 is 0 Å². The molecule has 1 aromatic heterocycles. The highest BCUT2D eigenvalue weighted by Gasteiger charge is 2.32. The Balaban J connectivity index is 2.00. The molecule has 25 heavy (non-hydrogen) atoms. The lowest BCUT2D eigenvalue weighted by molar-refractivity contribution is 0.0947. The number of nitrogens with zero attached hydrogens (tertiary/aromatic N) is 2. The standard InChI is InChI=1S/C18H23N3O3S/c1-3-9-19-18(22)16-11-17(14-6-4-13(2)5-7-14)21(20-16)15-8-10-25(23,24)12-15/h4-7,11,15H,3,8-10,12H2,1-2H3,(H,19,22)/t15-/m0/s1. The highest BCUT2D eigenvalue weighted by molar-refractivity contribution is 7.91. The molecule has 0 radical (unpaired) electrons. The van der Waals surface area contributed by atoms with Gasteiger partial charge in [-0.05, 0) is 31.4 Å². The van der Waals surface area contributed by atoms with Gasteiger partial charge in [0.15, 0.2) is 15.5 Å². The van der Waals surface area contributed by atoms with Gasteiger partial charge in [-0.2, -0.15) is 5.10 Å². The normalized spacial score (nSPS) is 19.0. The molecule has 3 rings (SSSR count). The summed E-state index contributed by atoms with van der Waals surface area (Å²) in [4.78, 5) is 12.3. The van der Waals surface area contributed by atoms with E-state index in [0.717, 1.165) is 23.2 Å². The summed E-state index contributed by atoms with van der Waals surface area (Å²) >= 11 is 0. The van der Waals surface area contributed by atoms with E-state index in [2.05, 4.69) is 10.4 Å². The fourth-order valence-electron chi connectivity index (χ4n) is 3.02. The van der Waals surface area contributed by atoms with Crippen LogP contribution in [0.15, 0.2) is 30.3 Å². The maximum atomic E-state index is 12.3. The fourth-order valence-corrected chi connectivity index (χ4v) is 4.71. The molecule has 1 saturated heterocycles. The van der Waals surface area contributed by atoms with E-state index in [1.54, 1.807) is 10.7 Å². The van der Waals surface area contributed by atoms with Crippen LogP contribution in [0.2, 0.25) is 0 Å². The van der Waals surface area contributed by atoms with Crippen LogP contribution in [0.3, 0.4) is 0 Å². The smallest absolute Gasteiger partial charge is 0.271 e. The molecule has 1 fully saturated rings. The van der Waals surface area contributed by atoms with E-state index in [0.29, 0.717) is 18.7 Å². The third kappa shape index (κ3) is 3.92. The first-order valence-electron chi connectivity index (χ1n) is 8.55. The summed E-state index contributed by atoms with van der Waals surface area (Å²) in [5.74, 6) is 0.0148. The molecule has 1 aliphatic heterocycles. The molecule has 2 aromatic rings. The van der Waals surface area contributed by atoms with Gasteiger partial charge in [-0.25, -0.2) is 8.42 Å². The molecule has 1 N–H and O–H groups in total. The lowest BCUT2D eigenvalue weighted by Crippen LogP contribution is -2.25. The number of amides is 1. The van der Waals surface area contributed by atoms with Crippen LogP contribution in [0, 0.1) is 6.92 Å². The molecular formula is C18H23N3O3S. The third-order valence-electron chi connectivity index (χ3n) is 4.41. The fraction of sp³-hybridized carbons (Fsp3) is 0.444. The number of hydrogen-bond acceptors (Lipinski definition) is 4. The summed E-state index contributed by atoms with van der Waals surface area (Å²) in [5, 5.41) is 7.27. The van der Waals surface area contributed by atoms with E-state index in [9.17, 15) is 13.2 Å². The van der Waals surface area contributed by atoms with Gasteiger partial charge in [0, 0.05) is 6.54 Å². The van der Waals surface area contributed by atoms with Crippen LogP contribution in [0.25, 0.3) is 11.3 Å². The highest BCUT2D eigenvalue weighted by Crippen LogP contribution is 2.30. The third-order valence-corrected chi connectivity index (χ3v) is 6.16. The van der Waals surface area contributed by atoms with Crippen molar-refractivity contribution in [3.63, 3.8) is 0 Å². The van der Waals surface area contributed by atoms with Crippen molar-refractivity contribution in [3.05, 3.63) is 41.6 Å². The van der Waals surface area contributed by atoms with E-state index in [1.165, 1.54) is 0 Å². The van der Waals surface area contributed by atoms with Gasteiger partial charge in [0.2, 0.25) is 0 Å². The first kappa shape index (κ1) is 17.7. The lowest BCUT2D eigenvalue weighted by Gasteiger charge is -2.13. The van der Waals surface area contributed by atoms with E-state index in [1.807, 2.05) is 38.1 Å². The summed E-state index contributed by atoms with van der Waals surface area (Å²) in [6.07, 6.45) is 1.37. The molecule has 0 unspecified atom stereocenters. The van der Waals surface area contributed by atoms with Crippen molar-refractivity contribution in [2.75, 3.05) is 18.1 Å². The molecular weight excluding hydrogens is 338 g/mol. The average Bonchev–Trinajstić information content (AvgIpc) is 3.16. The lowest BCUT2D eigenvalue weighted by atomic mass is 10.1. The molecule has 2 heterocycles. The molecule has 1 aromatic carbocycles. The topological polar surface area (TPSA) is 81.1 Å². The highest BCUT2D eigenvalue weighted by atomic mass is 32.2. The Bertz CT molecular complexity index is 869. The Morgan fingerprint density at radius 2 is 2.04 bits per heavy atom. The van der Waals surface area contributed by atoms with Gasteiger partial charge in [0.05, 0.1) is 23.2 Å². The number of rotatable bonds is 5. The van der Waals surface area contributed by atoms with Gasteiger partial charge < -0.3 is 5.32 Å². The zero-order valence-electron chi connectivity index (χ0n) is 14.5. The Hall–Kier alpha value is -2.15. The summed E-state index contributed by atoms with van der Waals surface area (Å²) in [5.41, 5.74) is 3.17. The van der Waals surface area contributed by atoms with Crippen molar-refractivity contribution in [2.24, 2.45) is 0 Å². The van der Waals surface area contributed by atoms with Crippen LogP contribution < -0.4 is 5.32 Å². The zero-order chi connectivity index (χ0) is 18.0. The molecule has 7 heteroatoms. The Morgan fingerprint density at radius 1 is 1.32 bits per heavy atom. The molecule has 1 atom stereocenters. The number of nitrogens with one attached hydrogen (secondary N) is 1. The first-order valence-corrected chi connectivity index (χ1v) is 10.4. The Morgan fingerprint density at radius 3 is 2.64 bits per heavy atom. The van der Waals surface area contributed by atoms with Crippen molar-refractivity contribution < 1.29 is 13.2 Å². The number of hydrogen-bond donors (Lipinski definition) is 1. The Kier molecular flexibility index (Phi) is 4.94. The predicted octanol–water partition coefficient (Wildman–Crippen LogP) is 2.36. The number of carbonyl (C=O) groups is 1. The quantitative estimate of drug-likeness (QED) is 0.886. The monoisotopic (exact) mass is 361 g/mol. The number of aromatic nitrogens is 2. The van der Waals surface area contributed by atoms with Crippen LogP contribution in [-0.4, -0.2) is 42.2 Å². The van der Waals surface area contributed by atoms with E-state index in [4.69, 9.17) is 0 Å². The second-order valence-corrected chi connectivity index (χ2v) is 8.77. The minimum absolute atomic E-state index is 0.0730. The maximum Gasteiger partial charge on any atom is 0.271 e. The van der Waals surface area contributed by atoms with Crippen molar-refractivity contribution in [3.8, 4) is 11.3 Å². The summed E-state index contributed by atoms with van der Waals surface area (Å²) in [7, 11) is -3.04. The van der Waals surface area contributed by atoms with Crippen LogP contribution in [-0.2, 0) is 9.84 Å². The van der Waals surface area contributed by atoms with Crippen molar-refractivity contribution >= 4 is 15.7 Å². The first-order chi connectivity index (χ1) is 11.9. The van der Waals surface area contributed by atoms with Gasteiger partial charge in [-0.3, -0.25) is 9.48 Å². The molecule has 6 nitrogen and oxygen atoms in total. The molecule has 1 aliphatic rings. The van der Waals surface area contributed by atoms with E-state index >= 15 is 0 Å². The summed E-state index contributed by atoms with van der Waals surface area (Å²) in [6.45, 7) is 4.58. The summed E-state index contributed by atoms with van der Waals surface area (Å²) in [6, 6.07) is 9.46. The maximum absolute atomic E-state index is 12.3. The number of sulfone groups is 1. The zero-order valence-corrected chi connectivity index (χ0v) is 15.3. The minimum Gasteiger partial charge on any atom is -0.351 e. The number of aryl methyl sites for hydroxylation is 1. The van der Waals surface area contributed by atoms with Gasteiger partial charge in [-0.1, -0.05) is 36.8 Å². The second kappa shape index (κ2) is 7.00. The van der Waals surface area contributed by atoms with Crippen molar-refractivity contribution in [1.29, 1.82) is 0 Å². The van der Waals surface area contributed by atoms with E-state index in [-0.39, 0.29) is 23.5 Å². The molecule has 134 valence electrons. The number of carbonyl (C=O) groups excluding carboxylic acids is 1. The van der Waals surface area contributed by atoms with Gasteiger partial charge in [-0.15, -0.1) is 0 Å². The Labute approximate surface area is 148 Å². The summed E-state index contributed by atoms with van der Waals surface area (Å²) < 4.78 is 25.5. The molecule has 0 saturated carbocycles. The molecule has 1 amide bonds. The predicted molar refractivity (Wildman–Crippen MR) is 97.3 cm³/mol. The van der Waals surface area contributed by atoms with Crippen LogP contribution in [0.4, 0.5) is 0 Å². The largest absolute Gasteiger partial charge is 0.351 e. The van der Waals surface area contributed by atoms with E-state index < -0.39 is 9.84 Å².